The first kappa shape index (κ1) is 19.4. The van der Waals surface area contributed by atoms with Crippen molar-refractivity contribution >= 4 is 29.2 Å². The number of carbonyl (C=O) groups is 1. The molecule has 142 valence electrons. The molecule has 1 fully saturated rings. The van der Waals surface area contributed by atoms with Gasteiger partial charge in [-0.25, -0.2) is 4.99 Å². The molecule has 0 radical (unpaired) electrons. The van der Waals surface area contributed by atoms with Gasteiger partial charge >= 0.3 is 0 Å². The number of ether oxygens (including phenoxy) is 1. The summed E-state index contributed by atoms with van der Waals surface area (Å²) in [5.74, 6) is 0.180. The number of nitrogens with zero attached hydrogens (tertiary/aromatic N) is 1. The van der Waals surface area contributed by atoms with Gasteiger partial charge in [-0.3, -0.25) is 10.1 Å². The highest BCUT2D eigenvalue weighted by Gasteiger charge is 2.16. The number of nitrogens with one attached hydrogen (secondary N) is 2. The Kier molecular flexibility index (Phi) is 6.48. The first-order chi connectivity index (χ1) is 13.0. The molecular formula is C21H24ClN3O2. The molecule has 1 atom stereocenters. The van der Waals surface area contributed by atoms with Gasteiger partial charge in [0.25, 0.3) is 5.91 Å². The van der Waals surface area contributed by atoms with E-state index in [0.29, 0.717) is 23.1 Å². The van der Waals surface area contributed by atoms with E-state index in [1.54, 1.807) is 6.07 Å². The van der Waals surface area contributed by atoms with Crippen molar-refractivity contribution in [1.82, 2.24) is 5.32 Å². The molecule has 5 nitrogen and oxygen atoms in total. The van der Waals surface area contributed by atoms with Crippen LogP contribution in [0.15, 0.2) is 47.5 Å². The van der Waals surface area contributed by atoms with Gasteiger partial charge in [-0.05, 0) is 56.5 Å². The lowest BCUT2D eigenvalue weighted by atomic mass is 10.1. The average Bonchev–Trinajstić information content (AvgIpc) is 3.17. The highest BCUT2D eigenvalue weighted by atomic mass is 35.5. The second-order valence-electron chi connectivity index (χ2n) is 6.69. The second-order valence-corrected chi connectivity index (χ2v) is 7.09. The molecule has 0 saturated carbocycles. The van der Waals surface area contributed by atoms with Crippen LogP contribution in [0.3, 0.4) is 0 Å². The van der Waals surface area contributed by atoms with Gasteiger partial charge in [0.05, 0.1) is 12.6 Å². The van der Waals surface area contributed by atoms with E-state index in [1.807, 2.05) is 50.2 Å². The minimum Gasteiger partial charge on any atom is -0.376 e. The zero-order chi connectivity index (χ0) is 19.2. The van der Waals surface area contributed by atoms with Crippen LogP contribution in [0, 0.1) is 13.8 Å². The number of halogens is 1. The summed E-state index contributed by atoms with van der Waals surface area (Å²) in [7, 11) is 0. The van der Waals surface area contributed by atoms with E-state index in [0.717, 1.165) is 36.3 Å². The number of aliphatic imine (C=N–C) groups is 1. The summed E-state index contributed by atoms with van der Waals surface area (Å²) in [6, 6.07) is 13.0. The number of aryl methyl sites for hydroxylation is 1. The minimum atomic E-state index is -0.211. The number of anilines is 1. The SMILES string of the molecule is Cc1cccc(C(=O)NC(=NCC2CCCO2)Nc2cccc(Cl)c2C)c1. The topological polar surface area (TPSA) is 62.7 Å². The maximum atomic E-state index is 12.7. The Morgan fingerprint density at radius 3 is 2.81 bits per heavy atom. The quantitative estimate of drug-likeness (QED) is 0.608. The second kappa shape index (κ2) is 9.02. The van der Waals surface area contributed by atoms with Gasteiger partial charge in [0.2, 0.25) is 5.96 Å². The van der Waals surface area contributed by atoms with Crippen molar-refractivity contribution in [3.8, 4) is 0 Å². The molecule has 0 bridgehead atoms. The van der Waals surface area contributed by atoms with Gasteiger partial charge in [0.15, 0.2) is 0 Å². The summed E-state index contributed by atoms with van der Waals surface area (Å²) in [6.07, 6.45) is 2.13. The van der Waals surface area contributed by atoms with Crippen molar-refractivity contribution in [3.05, 3.63) is 64.2 Å². The Hall–Kier alpha value is -2.37. The molecule has 0 aromatic heterocycles. The summed E-state index contributed by atoms with van der Waals surface area (Å²) in [4.78, 5) is 17.2. The monoisotopic (exact) mass is 385 g/mol. The van der Waals surface area contributed by atoms with Gasteiger partial charge in [-0.2, -0.15) is 0 Å². The van der Waals surface area contributed by atoms with Crippen LogP contribution in [0.5, 0.6) is 0 Å². The molecule has 1 amide bonds. The van der Waals surface area contributed by atoms with Crippen molar-refractivity contribution in [2.24, 2.45) is 4.99 Å². The van der Waals surface area contributed by atoms with Crippen LogP contribution in [0.25, 0.3) is 0 Å². The van der Waals surface area contributed by atoms with Crippen LogP contribution in [0.1, 0.15) is 34.3 Å². The fourth-order valence-corrected chi connectivity index (χ4v) is 3.10. The maximum absolute atomic E-state index is 12.7. The van der Waals surface area contributed by atoms with Crippen LogP contribution >= 0.6 is 11.6 Å². The smallest absolute Gasteiger partial charge is 0.257 e. The van der Waals surface area contributed by atoms with Gasteiger partial charge in [-0.15, -0.1) is 0 Å². The first-order valence-corrected chi connectivity index (χ1v) is 9.47. The number of carbonyl (C=O) groups excluding carboxylic acids is 1. The largest absolute Gasteiger partial charge is 0.376 e. The number of rotatable bonds is 4. The lowest BCUT2D eigenvalue weighted by molar-refractivity contribution is 0.0975. The lowest BCUT2D eigenvalue weighted by Gasteiger charge is -2.15. The van der Waals surface area contributed by atoms with E-state index in [1.165, 1.54) is 0 Å². The number of guanidine groups is 1. The minimum absolute atomic E-state index is 0.0955. The van der Waals surface area contributed by atoms with E-state index in [2.05, 4.69) is 15.6 Å². The third kappa shape index (κ3) is 5.31. The summed E-state index contributed by atoms with van der Waals surface area (Å²) in [6.45, 7) is 5.14. The van der Waals surface area contributed by atoms with E-state index in [4.69, 9.17) is 16.3 Å². The van der Waals surface area contributed by atoms with Crippen molar-refractivity contribution in [2.45, 2.75) is 32.8 Å². The maximum Gasteiger partial charge on any atom is 0.257 e. The molecule has 1 unspecified atom stereocenters. The van der Waals surface area contributed by atoms with Crippen LogP contribution in [-0.4, -0.2) is 31.1 Å². The fourth-order valence-electron chi connectivity index (χ4n) is 2.93. The van der Waals surface area contributed by atoms with E-state index < -0.39 is 0 Å². The van der Waals surface area contributed by atoms with Crippen molar-refractivity contribution < 1.29 is 9.53 Å². The predicted octanol–water partition coefficient (Wildman–Crippen LogP) is 4.33. The number of amides is 1. The lowest BCUT2D eigenvalue weighted by Crippen LogP contribution is -2.37. The van der Waals surface area contributed by atoms with Crippen molar-refractivity contribution in [2.75, 3.05) is 18.5 Å². The van der Waals surface area contributed by atoms with Gasteiger partial charge in [0.1, 0.15) is 0 Å². The Labute approximate surface area is 164 Å². The molecule has 27 heavy (non-hydrogen) atoms. The summed E-state index contributed by atoms with van der Waals surface area (Å²) in [5, 5.41) is 6.74. The summed E-state index contributed by atoms with van der Waals surface area (Å²) in [5.41, 5.74) is 3.32. The molecule has 0 aliphatic carbocycles. The van der Waals surface area contributed by atoms with E-state index >= 15 is 0 Å². The van der Waals surface area contributed by atoms with Gasteiger partial charge in [0, 0.05) is 22.9 Å². The van der Waals surface area contributed by atoms with E-state index in [9.17, 15) is 4.79 Å². The molecule has 6 heteroatoms. The number of hydrogen-bond donors (Lipinski definition) is 2. The average molecular weight is 386 g/mol. The normalized spacial score (nSPS) is 17.0. The van der Waals surface area contributed by atoms with Crippen molar-refractivity contribution in [1.29, 1.82) is 0 Å². The molecule has 1 heterocycles. The van der Waals surface area contributed by atoms with Crippen LogP contribution in [0.4, 0.5) is 5.69 Å². The van der Waals surface area contributed by atoms with Crippen LogP contribution in [0.2, 0.25) is 5.02 Å². The molecule has 1 aliphatic heterocycles. The summed E-state index contributed by atoms with van der Waals surface area (Å²) >= 11 is 6.21. The molecule has 1 aliphatic rings. The van der Waals surface area contributed by atoms with Crippen LogP contribution in [-0.2, 0) is 4.74 Å². The first-order valence-electron chi connectivity index (χ1n) is 9.09. The molecule has 1 saturated heterocycles. The van der Waals surface area contributed by atoms with E-state index in [-0.39, 0.29) is 12.0 Å². The third-order valence-electron chi connectivity index (χ3n) is 4.51. The third-order valence-corrected chi connectivity index (χ3v) is 4.92. The molecule has 2 N–H and O–H groups in total. The predicted molar refractivity (Wildman–Crippen MR) is 110 cm³/mol. The Balaban J connectivity index is 1.79. The zero-order valence-corrected chi connectivity index (χ0v) is 16.3. The summed E-state index contributed by atoms with van der Waals surface area (Å²) < 4.78 is 5.63. The Bertz CT molecular complexity index is 845. The number of benzene rings is 2. The molecule has 3 rings (SSSR count). The zero-order valence-electron chi connectivity index (χ0n) is 15.6. The molecule has 2 aromatic rings. The standard InChI is InChI=1S/C21H24ClN3O2/c1-14-6-3-7-16(12-14)20(26)25-21(23-13-17-8-5-11-27-17)24-19-10-4-9-18(22)15(19)2/h3-4,6-7,9-10,12,17H,5,8,11,13H2,1-2H3,(H2,23,24,25,26). The Morgan fingerprint density at radius 2 is 2.07 bits per heavy atom. The molecule has 0 spiro atoms. The highest BCUT2D eigenvalue weighted by Crippen LogP contribution is 2.23. The number of hydrogen-bond acceptors (Lipinski definition) is 3. The van der Waals surface area contributed by atoms with Crippen molar-refractivity contribution in [3.63, 3.8) is 0 Å². The molecular weight excluding hydrogens is 362 g/mol. The highest BCUT2D eigenvalue weighted by molar-refractivity contribution is 6.31. The fraction of sp³-hybridized carbons (Fsp3) is 0.333. The molecule has 2 aromatic carbocycles. The van der Waals surface area contributed by atoms with Gasteiger partial charge < -0.3 is 10.1 Å². The van der Waals surface area contributed by atoms with Gasteiger partial charge in [-0.1, -0.05) is 35.4 Å². The van der Waals surface area contributed by atoms with Crippen LogP contribution < -0.4 is 10.6 Å². The Morgan fingerprint density at radius 1 is 1.26 bits per heavy atom.